The lowest BCUT2D eigenvalue weighted by atomic mass is 9.79. The lowest BCUT2D eigenvalue weighted by molar-refractivity contribution is -0.119. The molecule has 38 heavy (non-hydrogen) atoms. The third kappa shape index (κ3) is 4.37. The molecule has 196 valence electrons. The minimum Gasteiger partial charge on any atom is -0.497 e. The molecule has 2 amide bonds. The molecule has 5 rings (SSSR count). The lowest BCUT2D eigenvalue weighted by Gasteiger charge is -2.41. The number of methoxy groups -OCH3 is 3. The second kappa shape index (κ2) is 10.6. The fourth-order valence-electron chi connectivity index (χ4n) is 5.39. The van der Waals surface area contributed by atoms with E-state index in [9.17, 15) is 9.59 Å². The van der Waals surface area contributed by atoms with Gasteiger partial charge in [0.2, 0.25) is 5.91 Å². The zero-order valence-electron chi connectivity index (χ0n) is 21.9. The number of amides is 2. The summed E-state index contributed by atoms with van der Waals surface area (Å²) < 4.78 is 18.3. The van der Waals surface area contributed by atoms with E-state index in [-0.39, 0.29) is 11.8 Å². The summed E-state index contributed by atoms with van der Waals surface area (Å²) in [4.78, 5) is 29.9. The molecule has 1 N–H and O–H groups in total. The summed E-state index contributed by atoms with van der Waals surface area (Å²) in [7, 11) is 6.70. The number of para-hydroxylation sites is 1. The van der Waals surface area contributed by atoms with E-state index < -0.39 is 12.0 Å². The van der Waals surface area contributed by atoms with E-state index >= 15 is 0 Å². The van der Waals surface area contributed by atoms with Crippen LogP contribution in [0.15, 0.2) is 72.9 Å². The first-order valence-electron chi connectivity index (χ1n) is 12.4. The Morgan fingerprint density at radius 3 is 2.47 bits per heavy atom. The summed E-state index contributed by atoms with van der Waals surface area (Å²) in [6, 6.07) is 20.0. The van der Waals surface area contributed by atoms with Crippen molar-refractivity contribution in [3.63, 3.8) is 0 Å². The molecule has 0 saturated carbocycles. The van der Waals surface area contributed by atoms with Crippen LogP contribution in [0.5, 0.6) is 11.5 Å². The molecule has 2 atom stereocenters. The molecule has 2 heterocycles. The van der Waals surface area contributed by atoms with E-state index in [0.717, 1.165) is 16.5 Å². The number of nitrogens with zero attached hydrogens (tertiary/aromatic N) is 2. The van der Waals surface area contributed by atoms with Crippen LogP contribution in [0.3, 0.4) is 0 Å². The van der Waals surface area contributed by atoms with Gasteiger partial charge in [0.15, 0.2) is 0 Å². The molecular weight excluding hydrogens is 482 g/mol. The number of nitrogens with one attached hydrogen (secondary N) is 1. The zero-order chi connectivity index (χ0) is 26.8. The van der Waals surface area contributed by atoms with E-state index in [2.05, 4.69) is 5.32 Å². The number of aryl methyl sites for hydroxylation is 1. The van der Waals surface area contributed by atoms with Gasteiger partial charge in [0.05, 0.1) is 38.5 Å². The van der Waals surface area contributed by atoms with Crippen molar-refractivity contribution in [3.05, 3.63) is 89.6 Å². The van der Waals surface area contributed by atoms with Crippen molar-refractivity contribution in [2.24, 2.45) is 7.05 Å². The minimum atomic E-state index is -0.692. The van der Waals surface area contributed by atoms with Crippen molar-refractivity contribution >= 4 is 28.4 Å². The molecular formula is C30H31N3O5. The highest BCUT2D eigenvalue weighted by atomic mass is 16.5. The highest BCUT2D eigenvalue weighted by Crippen LogP contribution is 2.46. The highest BCUT2D eigenvalue weighted by Gasteiger charge is 2.45. The van der Waals surface area contributed by atoms with E-state index in [1.165, 1.54) is 0 Å². The third-order valence-corrected chi connectivity index (χ3v) is 7.17. The van der Waals surface area contributed by atoms with Gasteiger partial charge in [-0.3, -0.25) is 9.59 Å². The number of hydrogen-bond acceptors (Lipinski definition) is 5. The smallest absolute Gasteiger partial charge is 0.254 e. The maximum atomic E-state index is 14.3. The maximum Gasteiger partial charge on any atom is 0.254 e. The van der Waals surface area contributed by atoms with Crippen LogP contribution in [-0.2, 0) is 16.6 Å². The van der Waals surface area contributed by atoms with Gasteiger partial charge in [0, 0.05) is 55.0 Å². The zero-order valence-corrected chi connectivity index (χ0v) is 21.9. The Morgan fingerprint density at radius 1 is 0.947 bits per heavy atom. The van der Waals surface area contributed by atoms with Crippen molar-refractivity contribution in [3.8, 4) is 11.5 Å². The summed E-state index contributed by atoms with van der Waals surface area (Å²) in [5.41, 5.74) is 3.61. The monoisotopic (exact) mass is 513 g/mol. The predicted octanol–water partition coefficient (Wildman–Crippen LogP) is 4.76. The molecule has 4 aromatic rings. The van der Waals surface area contributed by atoms with Gasteiger partial charge in [0.25, 0.3) is 5.91 Å². The largest absolute Gasteiger partial charge is 0.497 e. The molecule has 8 heteroatoms. The van der Waals surface area contributed by atoms with Gasteiger partial charge in [-0.05, 0) is 29.8 Å². The molecule has 0 aliphatic carbocycles. The van der Waals surface area contributed by atoms with E-state index in [4.69, 9.17) is 14.2 Å². The Kier molecular flexibility index (Phi) is 7.07. The second-order valence-corrected chi connectivity index (χ2v) is 9.27. The molecule has 0 spiro atoms. The predicted molar refractivity (Wildman–Crippen MR) is 146 cm³/mol. The van der Waals surface area contributed by atoms with Gasteiger partial charge in [-0.25, -0.2) is 0 Å². The van der Waals surface area contributed by atoms with Crippen LogP contribution in [0.2, 0.25) is 0 Å². The topological polar surface area (TPSA) is 82.0 Å². The lowest BCUT2D eigenvalue weighted by Crippen LogP contribution is -2.47. The van der Waals surface area contributed by atoms with Crippen molar-refractivity contribution in [1.29, 1.82) is 0 Å². The molecule has 3 aromatic carbocycles. The number of ether oxygens (including phenoxy) is 3. The van der Waals surface area contributed by atoms with Crippen LogP contribution >= 0.6 is 0 Å². The summed E-state index contributed by atoms with van der Waals surface area (Å²) in [6.07, 6.45) is 2.02. The van der Waals surface area contributed by atoms with Crippen LogP contribution in [0.1, 0.15) is 33.4 Å². The first-order valence-corrected chi connectivity index (χ1v) is 12.4. The average Bonchev–Trinajstić information content (AvgIpc) is 3.28. The summed E-state index contributed by atoms with van der Waals surface area (Å²) in [5, 5.41) is 4.06. The molecule has 1 aliphatic rings. The Balaban J connectivity index is 1.69. The van der Waals surface area contributed by atoms with Gasteiger partial charge in [0.1, 0.15) is 11.5 Å². The molecule has 0 fully saturated rings. The fourth-order valence-corrected chi connectivity index (χ4v) is 5.39. The van der Waals surface area contributed by atoms with Crippen molar-refractivity contribution in [2.75, 3.05) is 39.8 Å². The summed E-state index contributed by atoms with van der Waals surface area (Å²) >= 11 is 0. The Hall–Kier alpha value is -4.30. The van der Waals surface area contributed by atoms with Crippen LogP contribution in [-0.4, -0.2) is 55.8 Å². The van der Waals surface area contributed by atoms with Crippen LogP contribution in [0, 0.1) is 0 Å². The maximum absolute atomic E-state index is 14.3. The van der Waals surface area contributed by atoms with Crippen molar-refractivity contribution in [2.45, 2.75) is 12.0 Å². The molecule has 0 unspecified atom stereocenters. The Labute approximate surface area is 221 Å². The molecule has 8 nitrogen and oxygen atoms in total. The first kappa shape index (κ1) is 25.4. The number of hydrogen-bond donors (Lipinski definition) is 1. The minimum absolute atomic E-state index is 0.126. The van der Waals surface area contributed by atoms with Crippen LogP contribution in [0.25, 0.3) is 10.9 Å². The third-order valence-electron chi connectivity index (χ3n) is 7.17. The van der Waals surface area contributed by atoms with E-state index in [1.807, 2.05) is 60.3 Å². The van der Waals surface area contributed by atoms with Crippen molar-refractivity contribution < 1.29 is 23.8 Å². The molecule has 1 aromatic heterocycles. The highest BCUT2D eigenvalue weighted by molar-refractivity contribution is 6.05. The standard InChI is InChI=1S/C30H31N3O5/c1-32-18-23(20-9-7-8-12-25(20)32)28-27(29(34)31-24-17-19(37-3)13-14-26(24)38-4)21-10-5-6-11-22(21)30(35)33(28)15-16-36-2/h5-14,17-18,27-28H,15-16H2,1-4H3,(H,31,34)/t27-,28+/m1/s1. The van der Waals surface area contributed by atoms with Gasteiger partial charge >= 0.3 is 0 Å². The Morgan fingerprint density at radius 2 is 1.71 bits per heavy atom. The molecule has 0 bridgehead atoms. The fraction of sp³-hybridized carbons (Fsp3) is 0.267. The quantitative estimate of drug-likeness (QED) is 0.367. The second-order valence-electron chi connectivity index (χ2n) is 9.27. The van der Waals surface area contributed by atoms with Gasteiger partial charge in [-0.1, -0.05) is 36.4 Å². The Bertz CT molecular complexity index is 1490. The number of fused-ring (bicyclic) bond motifs is 2. The van der Waals surface area contributed by atoms with Crippen molar-refractivity contribution in [1.82, 2.24) is 9.47 Å². The number of carbonyl (C=O) groups is 2. The first-order chi connectivity index (χ1) is 18.5. The number of rotatable bonds is 8. The molecule has 0 saturated heterocycles. The average molecular weight is 514 g/mol. The number of carbonyl (C=O) groups excluding carboxylic acids is 2. The summed E-state index contributed by atoms with van der Waals surface area (Å²) in [6.45, 7) is 0.678. The number of benzene rings is 3. The van der Waals surface area contributed by atoms with Crippen LogP contribution in [0.4, 0.5) is 5.69 Å². The van der Waals surface area contributed by atoms with Crippen LogP contribution < -0.4 is 14.8 Å². The van der Waals surface area contributed by atoms with Gasteiger partial charge < -0.3 is 29.0 Å². The van der Waals surface area contributed by atoms with Gasteiger partial charge in [-0.2, -0.15) is 0 Å². The SMILES string of the molecule is COCCN1C(=O)c2ccccc2[C@@H](C(=O)Nc2cc(OC)ccc2OC)[C@@H]1c1cn(C)c2ccccc12. The van der Waals surface area contributed by atoms with E-state index in [0.29, 0.717) is 41.5 Å². The molecule has 1 aliphatic heterocycles. The molecule has 0 radical (unpaired) electrons. The van der Waals surface area contributed by atoms with Gasteiger partial charge in [-0.15, -0.1) is 0 Å². The summed E-state index contributed by atoms with van der Waals surface area (Å²) in [5.74, 6) is 0.0304. The normalized spacial score (nSPS) is 16.8. The number of anilines is 1. The van der Waals surface area contributed by atoms with E-state index in [1.54, 1.807) is 50.5 Å². The number of aromatic nitrogens is 1.